The van der Waals surface area contributed by atoms with Crippen LogP contribution in [-0.4, -0.2) is 37.7 Å². The normalized spacial score (nSPS) is 13.4. The van der Waals surface area contributed by atoms with Crippen LogP contribution in [0.3, 0.4) is 0 Å². The fraction of sp³-hybridized carbons (Fsp3) is 0.429. The number of hydrogen-bond donors (Lipinski definition) is 2. The van der Waals surface area contributed by atoms with Gasteiger partial charge in [-0.15, -0.1) is 24.0 Å². The van der Waals surface area contributed by atoms with Crippen molar-refractivity contribution in [1.82, 2.24) is 15.6 Å². The number of aliphatic imine (C=N–C) groups is 1. The van der Waals surface area contributed by atoms with Gasteiger partial charge in [0.2, 0.25) is 5.88 Å². The molecular weight excluding hydrogens is 467 g/mol. The number of aromatic nitrogens is 1. The zero-order valence-electron chi connectivity index (χ0n) is 16.3. The molecule has 0 bridgehead atoms. The molecule has 1 saturated carbocycles. The standard InChI is InChI=1S/C21H28N4O2.HI/c1-22-21(24-11-5-13-26-19-6-3-2-4-7-19)25-15-18-10-12-23-20(14-18)27-16-17-8-9-17;/h2-4,6-7,10,12,14,17H,5,8-9,11,13,15-16H2,1H3,(H2,22,24,25);1H. The molecule has 0 unspecified atom stereocenters. The van der Waals surface area contributed by atoms with Gasteiger partial charge in [-0.2, -0.15) is 0 Å². The molecule has 2 aromatic rings. The van der Waals surface area contributed by atoms with Crippen molar-refractivity contribution in [3.05, 3.63) is 54.2 Å². The van der Waals surface area contributed by atoms with Crippen LogP contribution in [0.1, 0.15) is 24.8 Å². The summed E-state index contributed by atoms with van der Waals surface area (Å²) < 4.78 is 11.4. The molecule has 3 rings (SSSR count). The first-order valence-electron chi connectivity index (χ1n) is 9.53. The number of rotatable bonds is 10. The van der Waals surface area contributed by atoms with Crippen LogP contribution in [0.5, 0.6) is 11.6 Å². The van der Waals surface area contributed by atoms with Crippen molar-refractivity contribution < 1.29 is 9.47 Å². The summed E-state index contributed by atoms with van der Waals surface area (Å²) in [7, 11) is 1.77. The fourth-order valence-corrected chi connectivity index (χ4v) is 2.52. The molecule has 28 heavy (non-hydrogen) atoms. The SMILES string of the molecule is CN=C(NCCCOc1ccccc1)NCc1ccnc(OCC2CC2)c1.I. The van der Waals surface area contributed by atoms with Crippen molar-refractivity contribution >= 4 is 29.9 Å². The molecule has 0 atom stereocenters. The van der Waals surface area contributed by atoms with Crippen molar-refractivity contribution in [3.8, 4) is 11.6 Å². The van der Waals surface area contributed by atoms with Crippen LogP contribution in [-0.2, 0) is 6.54 Å². The van der Waals surface area contributed by atoms with Crippen LogP contribution in [0.2, 0.25) is 0 Å². The van der Waals surface area contributed by atoms with Gasteiger partial charge in [0, 0.05) is 32.4 Å². The van der Waals surface area contributed by atoms with Gasteiger partial charge in [0.25, 0.3) is 0 Å². The molecule has 152 valence electrons. The van der Waals surface area contributed by atoms with Gasteiger partial charge in [-0.3, -0.25) is 4.99 Å². The van der Waals surface area contributed by atoms with Crippen molar-refractivity contribution in [2.75, 3.05) is 26.8 Å². The average Bonchev–Trinajstić information content (AvgIpc) is 3.54. The first-order chi connectivity index (χ1) is 13.3. The van der Waals surface area contributed by atoms with Gasteiger partial charge in [0.15, 0.2) is 5.96 Å². The highest BCUT2D eigenvalue weighted by molar-refractivity contribution is 14.0. The Morgan fingerprint density at radius 1 is 1.14 bits per heavy atom. The van der Waals surface area contributed by atoms with E-state index in [1.54, 1.807) is 13.2 Å². The van der Waals surface area contributed by atoms with Crippen molar-refractivity contribution in [1.29, 1.82) is 0 Å². The molecule has 0 aliphatic heterocycles. The molecule has 0 amide bonds. The van der Waals surface area contributed by atoms with Crippen LogP contribution in [0.25, 0.3) is 0 Å². The third kappa shape index (κ3) is 8.33. The van der Waals surface area contributed by atoms with E-state index >= 15 is 0 Å². The molecule has 2 N–H and O–H groups in total. The Morgan fingerprint density at radius 3 is 2.71 bits per heavy atom. The average molecular weight is 496 g/mol. The molecule has 0 saturated heterocycles. The van der Waals surface area contributed by atoms with Gasteiger partial charge in [-0.25, -0.2) is 4.98 Å². The van der Waals surface area contributed by atoms with E-state index in [1.165, 1.54) is 12.8 Å². The van der Waals surface area contributed by atoms with E-state index in [-0.39, 0.29) is 24.0 Å². The largest absolute Gasteiger partial charge is 0.494 e. The Morgan fingerprint density at radius 2 is 1.96 bits per heavy atom. The second-order valence-electron chi connectivity index (χ2n) is 6.62. The molecule has 1 aromatic heterocycles. The van der Waals surface area contributed by atoms with Crippen molar-refractivity contribution in [2.45, 2.75) is 25.8 Å². The number of halogens is 1. The Bertz CT molecular complexity index is 723. The fourth-order valence-electron chi connectivity index (χ4n) is 2.52. The topological polar surface area (TPSA) is 67.8 Å². The van der Waals surface area contributed by atoms with Gasteiger partial charge in [0.05, 0.1) is 13.2 Å². The lowest BCUT2D eigenvalue weighted by Gasteiger charge is -2.13. The zero-order valence-corrected chi connectivity index (χ0v) is 18.6. The predicted octanol–water partition coefficient (Wildman–Crippen LogP) is 3.62. The molecule has 7 heteroatoms. The van der Waals surface area contributed by atoms with E-state index in [9.17, 15) is 0 Å². The minimum atomic E-state index is 0. The highest BCUT2D eigenvalue weighted by Crippen LogP contribution is 2.29. The number of nitrogens with one attached hydrogen (secondary N) is 2. The summed E-state index contributed by atoms with van der Waals surface area (Å²) >= 11 is 0. The molecule has 1 aliphatic carbocycles. The smallest absolute Gasteiger partial charge is 0.213 e. The minimum Gasteiger partial charge on any atom is -0.494 e. The van der Waals surface area contributed by atoms with E-state index < -0.39 is 0 Å². The molecule has 1 fully saturated rings. The minimum absolute atomic E-state index is 0. The van der Waals surface area contributed by atoms with Gasteiger partial charge in [-0.1, -0.05) is 18.2 Å². The highest BCUT2D eigenvalue weighted by atomic mass is 127. The van der Waals surface area contributed by atoms with Crippen LogP contribution in [0, 0.1) is 5.92 Å². The first kappa shape index (κ1) is 22.3. The maximum atomic E-state index is 5.73. The molecule has 0 spiro atoms. The number of benzene rings is 1. The third-order valence-corrected chi connectivity index (χ3v) is 4.27. The van der Waals surface area contributed by atoms with E-state index in [4.69, 9.17) is 9.47 Å². The van der Waals surface area contributed by atoms with E-state index in [1.807, 2.05) is 42.5 Å². The second-order valence-corrected chi connectivity index (χ2v) is 6.62. The first-order valence-corrected chi connectivity index (χ1v) is 9.53. The van der Waals surface area contributed by atoms with E-state index in [0.29, 0.717) is 19.0 Å². The van der Waals surface area contributed by atoms with Crippen LogP contribution in [0.15, 0.2) is 53.7 Å². The molecule has 6 nitrogen and oxygen atoms in total. The highest BCUT2D eigenvalue weighted by Gasteiger charge is 2.22. The van der Waals surface area contributed by atoms with Gasteiger partial charge in [-0.05, 0) is 48.9 Å². The molecular formula is C21H29IN4O2. The van der Waals surface area contributed by atoms with Crippen LogP contribution in [0.4, 0.5) is 0 Å². The summed E-state index contributed by atoms with van der Waals surface area (Å²) in [4.78, 5) is 8.53. The molecule has 1 aliphatic rings. The number of guanidine groups is 1. The Hall–Kier alpha value is -2.03. The van der Waals surface area contributed by atoms with Gasteiger partial charge in [0.1, 0.15) is 5.75 Å². The number of nitrogens with zero attached hydrogens (tertiary/aromatic N) is 2. The number of para-hydroxylation sites is 1. The summed E-state index contributed by atoms with van der Waals surface area (Å²) in [6.45, 7) is 2.90. The van der Waals surface area contributed by atoms with E-state index in [0.717, 1.165) is 42.8 Å². The van der Waals surface area contributed by atoms with Gasteiger partial charge >= 0.3 is 0 Å². The lowest BCUT2D eigenvalue weighted by atomic mass is 10.2. The van der Waals surface area contributed by atoms with E-state index in [2.05, 4.69) is 20.6 Å². The maximum absolute atomic E-state index is 5.73. The number of pyridine rings is 1. The third-order valence-electron chi connectivity index (χ3n) is 4.27. The maximum Gasteiger partial charge on any atom is 0.213 e. The van der Waals surface area contributed by atoms with Crippen molar-refractivity contribution in [2.24, 2.45) is 10.9 Å². The Kier molecular flexibility index (Phi) is 9.88. The van der Waals surface area contributed by atoms with Crippen LogP contribution >= 0.6 is 24.0 Å². The van der Waals surface area contributed by atoms with Crippen LogP contribution < -0.4 is 20.1 Å². The lowest BCUT2D eigenvalue weighted by Crippen LogP contribution is -2.37. The molecule has 0 radical (unpaired) electrons. The number of hydrogen-bond acceptors (Lipinski definition) is 4. The summed E-state index contributed by atoms with van der Waals surface area (Å²) in [5.74, 6) is 3.09. The number of ether oxygens (including phenoxy) is 2. The second kappa shape index (κ2) is 12.4. The van der Waals surface area contributed by atoms with Crippen molar-refractivity contribution in [3.63, 3.8) is 0 Å². The predicted molar refractivity (Wildman–Crippen MR) is 123 cm³/mol. The molecule has 1 heterocycles. The quantitative estimate of drug-likeness (QED) is 0.228. The Labute approximate surface area is 184 Å². The zero-order chi connectivity index (χ0) is 18.7. The summed E-state index contributed by atoms with van der Waals surface area (Å²) in [5, 5.41) is 6.61. The monoisotopic (exact) mass is 496 g/mol. The lowest BCUT2D eigenvalue weighted by molar-refractivity contribution is 0.288. The van der Waals surface area contributed by atoms with Gasteiger partial charge < -0.3 is 20.1 Å². The molecule has 1 aromatic carbocycles. The summed E-state index contributed by atoms with van der Waals surface area (Å²) in [5.41, 5.74) is 1.12. The summed E-state index contributed by atoms with van der Waals surface area (Å²) in [6.07, 6.45) is 5.24. The summed E-state index contributed by atoms with van der Waals surface area (Å²) in [6, 6.07) is 13.8. The Balaban J connectivity index is 0.00000280.